The van der Waals surface area contributed by atoms with Gasteiger partial charge in [-0.15, -0.1) is 10.2 Å². The van der Waals surface area contributed by atoms with E-state index in [2.05, 4.69) is 20.8 Å². The van der Waals surface area contributed by atoms with Crippen LogP contribution in [-0.4, -0.2) is 29.3 Å². The molecule has 3 rings (SSSR count). The number of halogens is 3. The molecule has 2 N–H and O–H groups in total. The number of nitrogens with one attached hydrogen (secondary N) is 2. The quantitative estimate of drug-likeness (QED) is 0.847. The van der Waals surface area contributed by atoms with Gasteiger partial charge in [-0.05, 0) is 30.4 Å². The molecule has 4 nitrogen and oxygen atoms in total. The molecule has 0 amide bonds. The van der Waals surface area contributed by atoms with Crippen molar-refractivity contribution in [3.05, 3.63) is 17.8 Å². The van der Waals surface area contributed by atoms with Crippen LogP contribution in [0.5, 0.6) is 0 Å². The molecule has 2 aliphatic rings. The van der Waals surface area contributed by atoms with Crippen molar-refractivity contribution < 1.29 is 13.2 Å². The van der Waals surface area contributed by atoms with Crippen molar-refractivity contribution in [1.29, 1.82) is 0 Å². The molecule has 1 aliphatic carbocycles. The van der Waals surface area contributed by atoms with E-state index in [1.54, 1.807) is 0 Å². The van der Waals surface area contributed by atoms with Crippen molar-refractivity contribution in [2.75, 3.05) is 18.4 Å². The van der Waals surface area contributed by atoms with Crippen molar-refractivity contribution in [2.45, 2.75) is 25.1 Å². The third kappa shape index (κ3) is 2.03. The Kier molecular flexibility index (Phi) is 2.48. The molecule has 18 heavy (non-hydrogen) atoms. The smallest absolute Gasteiger partial charge is 0.366 e. The van der Waals surface area contributed by atoms with Crippen LogP contribution in [-0.2, 0) is 6.18 Å². The van der Waals surface area contributed by atoms with E-state index in [9.17, 15) is 13.2 Å². The average molecular weight is 258 g/mol. The van der Waals surface area contributed by atoms with Crippen molar-refractivity contribution in [3.8, 4) is 0 Å². The van der Waals surface area contributed by atoms with Gasteiger partial charge in [0.2, 0.25) is 0 Å². The first-order valence-electron chi connectivity index (χ1n) is 5.85. The first-order chi connectivity index (χ1) is 8.47. The lowest BCUT2D eigenvalue weighted by atomic mass is 9.62. The van der Waals surface area contributed by atoms with E-state index >= 15 is 0 Å². The highest BCUT2D eigenvalue weighted by molar-refractivity contribution is 5.36. The van der Waals surface area contributed by atoms with E-state index < -0.39 is 11.9 Å². The van der Waals surface area contributed by atoms with Gasteiger partial charge in [0.25, 0.3) is 0 Å². The van der Waals surface area contributed by atoms with E-state index in [1.807, 2.05) is 0 Å². The molecular formula is C11H13F3N4. The molecule has 98 valence electrons. The van der Waals surface area contributed by atoms with Crippen LogP contribution in [0, 0.1) is 5.41 Å². The number of alkyl halides is 3. The number of hydrogen-bond donors (Lipinski definition) is 2. The van der Waals surface area contributed by atoms with Crippen LogP contribution in [0.4, 0.5) is 19.0 Å². The molecule has 1 aromatic rings. The third-order valence-electron chi connectivity index (χ3n) is 3.67. The summed E-state index contributed by atoms with van der Waals surface area (Å²) in [5.41, 5.74) is -0.530. The summed E-state index contributed by atoms with van der Waals surface area (Å²) in [6, 6.07) is 2.59. The summed E-state index contributed by atoms with van der Waals surface area (Å²) in [5, 5.41) is 13.1. The molecule has 0 bridgehead atoms. The number of aromatic nitrogens is 2. The van der Waals surface area contributed by atoms with Crippen molar-refractivity contribution in [2.24, 2.45) is 5.41 Å². The van der Waals surface area contributed by atoms with Gasteiger partial charge in [0, 0.05) is 19.1 Å². The zero-order chi connectivity index (χ0) is 12.8. The average Bonchev–Trinajstić information content (AvgIpc) is 2.19. The standard InChI is InChI=1S/C11H13F3N4/c12-11(13,14)8-1-2-9(18-17-8)16-7-3-10(4-7)5-15-6-10/h1-2,7,15H,3-6H2,(H,16,18). The van der Waals surface area contributed by atoms with Crippen LogP contribution < -0.4 is 10.6 Å². The fourth-order valence-electron chi connectivity index (χ4n) is 2.62. The van der Waals surface area contributed by atoms with Crippen molar-refractivity contribution >= 4 is 5.82 Å². The van der Waals surface area contributed by atoms with Gasteiger partial charge in [-0.1, -0.05) is 0 Å². The number of nitrogens with zero attached hydrogens (tertiary/aromatic N) is 2. The highest BCUT2D eigenvalue weighted by Gasteiger charge is 2.48. The summed E-state index contributed by atoms with van der Waals surface area (Å²) in [7, 11) is 0. The second kappa shape index (κ2) is 3.81. The van der Waals surface area contributed by atoms with Gasteiger partial charge in [-0.25, -0.2) is 0 Å². The fraction of sp³-hybridized carbons (Fsp3) is 0.636. The Balaban J connectivity index is 1.57. The molecular weight excluding hydrogens is 245 g/mol. The van der Waals surface area contributed by atoms with Crippen LogP contribution in [0.25, 0.3) is 0 Å². The Morgan fingerprint density at radius 3 is 2.39 bits per heavy atom. The molecule has 1 saturated heterocycles. The summed E-state index contributed by atoms with van der Waals surface area (Å²) >= 11 is 0. The van der Waals surface area contributed by atoms with Gasteiger partial charge in [-0.3, -0.25) is 0 Å². The normalized spacial score (nSPS) is 22.4. The first-order valence-corrected chi connectivity index (χ1v) is 5.85. The number of rotatable bonds is 2. The van der Waals surface area contributed by atoms with E-state index in [1.165, 1.54) is 6.07 Å². The molecule has 1 spiro atoms. The molecule has 1 aliphatic heterocycles. The van der Waals surface area contributed by atoms with Crippen LogP contribution in [0.2, 0.25) is 0 Å². The first kappa shape index (κ1) is 11.7. The zero-order valence-corrected chi connectivity index (χ0v) is 9.59. The Labute approximate surface area is 102 Å². The van der Waals surface area contributed by atoms with Crippen LogP contribution in [0.15, 0.2) is 12.1 Å². The van der Waals surface area contributed by atoms with Gasteiger partial charge in [0.1, 0.15) is 5.82 Å². The summed E-state index contributed by atoms with van der Waals surface area (Å²) in [6.07, 6.45) is -2.34. The van der Waals surface area contributed by atoms with Crippen molar-refractivity contribution in [1.82, 2.24) is 15.5 Å². The Morgan fingerprint density at radius 1 is 1.22 bits per heavy atom. The fourth-order valence-corrected chi connectivity index (χ4v) is 2.62. The Bertz CT molecular complexity index is 431. The summed E-state index contributed by atoms with van der Waals surface area (Å²) in [6.45, 7) is 2.09. The maximum Gasteiger partial charge on any atom is 0.435 e. The second-order valence-corrected chi connectivity index (χ2v) is 5.15. The topological polar surface area (TPSA) is 49.8 Å². The Morgan fingerprint density at radius 2 is 1.94 bits per heavy atom. The summed E-state index contributed by atoms with van der Waals surface area (Å²) in [5.74, 6) is 0.412. The lowest BCUT2D eigenvalue weighted by molar-refractivity contribution is -0.141. The molecule has 2 heterocycles. The van der Waals surface area contributed by atoms with Gasteiger partial charge in [0.05, 0.1) is 0 Å². The van der Waals surface area contributed by atoms with E-state index in [-0.39, 0.29) is 0 Å². The van der Waals surface area contributed by atoms with Crippen LogP contribution in [0.3, 0.4) is 0 Å². The third-order valence-corrected chi connectivity index (χ3v) is 3.67. The molecule has 2 fully saturated rings. The van der Waals surface area contributed by atoms with Gasteiger partial charge in [-0.2, -0.15) is 13.2 Å². The highest BCUT2D eigenvalue weighted by Crippen LogP contribution is 2.45. The van der Waals surface area contributed by atoms with Gasteiger partial charge in [0.15, 0.2) is 5.69 Å². The molecule has 1 saturated carbocycles. The highest BCUT2D eigenvalue weighted by atomic mass is 19.4. The predicted molar refractivity (Wildman–Crippen MR) is 59.0 cm³/mol. The largest absolute Gasteiger partial charge is 0.435 e. The lowest BCUT2D eigenvalue weighted by Gasteiger charge is -2.54. The minimum atomic E-state index is -4.43. The van der Waals surface area contributed by atoms with Crippen LogP contribution >= 0.6 is 0 Å². The lowest BCUT2D eigenvalue weighted by Crippen LogP contribution is -2.63. The molecule has 0 aromatic carbocycles. The van der Waals surface area contributed by atoms with E-state index in [0.717, 1.165) is 32.0 Å². The second-order valence-electron chi connectivity index (χ2n) is 5.15. The summed E-state index contributed by atoms with van der Waals surface area (Å²) in [4.78, 5) is 0. The monoisotopic (exact) mass is 258 g/mol. The molecule has 0 radical (unpaired) electrons. The molecule has 1 aromatic heterocycles. The van der Waals surface area contributed by atoms with E-state index in [4.69, 9.17) is 0 Å². The maximum absolute atomic E-state index is 12.3. The van der Waals surface area contributed by atoms with Gasteiger partial charge < -0.3 is 10.6 Å². The van der Waals surface area contributed by atoms with Crippen molar-refractivity contribution in [3.63, 3.8) is 0 Å². The number of anilines is 1. The van der Waals surface area contributed by atoms with Crippen LogP contribution in [0.1, 0.15) is 18.5 Å². The maximum atomic E-state index is 12.3. The minimum Gasteiger partial charge on any atom is -0.366 e. The predicted octanol–water partition coefficient (Wildman–Crippen LogP) is 1.66. The zero-order valence-electron chi connectivity index (χ0n) is 9.59. The molecule has 0 atom stereocenters. The molecule has 7 heteroatoms. The SMILES string of the molecule is FC(F)(F)c1ccc(NC2CC3(CNC3)C2)nn1. The van der Waals surface area contributed by atoms with Gasteiger partial charge >= 0.3 is 6.18 Å². The summed E-state index contributed by atoms with van der Waals surface area (Å²) < 4.78 is 36.9. The molecule has 0 unspecified atom stereocenters. The number of hydrogen-bond acceptors (Lipinski definition) is 4. The minimum absolute atomic E-state index is 0.304. The Hall–Kier alpha value is -1.37. The van der Waals surface area contributed by atoms with E-state index in [0.29, 0.717) is 17.3 Å².